The summed E-state index contributed by atoms with van der Waals surface area (Å²) in [7, 11) is 0. The van der Waals surface area contributed by atoms with E-state index >= 15 is 0 Å². The molecule has 1 heterocycles. The van der Waals surface area contributed by atoms with Gasteiger partial charge in [0.05, 0.1) is 5.41 Å². The van der Waals surface area contributed by atoms with Gasteiger partial charge in [0.25, 0.3) is 0 Å². The minimum Gasteiger partial charge on any atom is -0.481 e. The first kappa shape index (κ1) is 12.5. The predicted molar refractivity (Wildman–Crippen MR) is 75.7 cm³/mol. The van der Waals surface area contributed by atoms with E-state index in [1.54, 1.807) is 0 Å². The molecule has 0 aromatic heterocycles. The number of nitrogens with zero attached hydrogens (tertiary/aromatic N) is 1. The van der Waals surface area contributed by atoms with Crippen molar-refractivity contribution in [3.8, 4) is 0 Å². The maximum Gasteiger partial charge on any atom is 0.314 e. The quantitative estimate of drug-likeness (QED) is 0.906. The third-order valence-electron chi connectivity index (χ3n) is 4.73. The molecule has 1 N–H and O–H groups in total. The second-order valence-electron chi connectivity index (χ2n) is 5.81. The second-order valence-corrected chi connectivity index (χ2v) is 5.81. The van der Waals surface area contributed by atoms with Crippen LogP contribution in [0.5, 0.6) is 0 Å². The minimum atomic E-state index is -0.642. The molecule has 0 spiro atoms. The summed E-state index contributed by atoms with van der Waals surface area (Å²) in [6, 6.07) is 8.15. The molecule has 0 bridgehead atoms. The summed E-state index contributed by atoms with van der Waals surface area (Å²) in [5.41, 5.74) is 1.56. The van der Waals surface area contributed by atoms with Crippen molar-refractivity contribution in [3.63, 3.8) is 0 Å². The molecular formula is C16H21NO2. The van der Waals surface area contributed by atoms with Gasteiger partial charge in [-0.2, -0.15) is 0 Å². The molecule has 3 rings (SSSR count). The lowest BCUT2D eigenvalue weighted by atomic mass is 9.78. The van der Waals surface area contributed by atoms with Crippen molar-refractivity contribution in [3.05, 3.63) is 29.8 Å². The Morgan fingerprint density at radius 2 is 1.68 bits per heavy atom. The average molecular weight is 259 g/mol. The number of rotatable bonds is 3. The van der Waals surface area contributed by atoms with Gasteiger partial charge in [0.15, 0.2) is 0 Å². The molecule has 0 atom stereocenters. The molecule has 0 radical (unpaired) electrons. The standard InChI is InChI=1S/C16H21NO2/c18-15(19)16(9-3-4-10-16)13-7-1-2-8-14(13)17-11-5-6-12-17/h1-2,7-8H,3-6,9-12H2,(H,18,19). The third kappa shape index (κ3) is 2.01. The van der Waals surface area contributed by atoms with Crippen molar-refractivity contribution in [1.82, 2.24) is 0 Å². The summed E-state index contributed by atoms with van der Waals surface area (Å²) in [6.45, 7) is 2.12. The first-order valence-corrected chi connectivity index (χ1v) is 7.32. The normalized spacial score (nSPS) is 21.8. The molecule has 0 amide bonds. The third-order valence-corrected chi connectivity index (χ3v) is 4.73. The molecule has 1 aliphatic heterocycles. The van der Waals surface area contributed by atoms with E-state index in [0.717, 1.165) is 50.0 Å². The van der Waals surface area contributed by atoms with Crippen LogP contribution in [-0.2, 0) is 10.2 Å². The van der Waals surface area contributed by atoms with Gasteiger partial charge >= 0.3 is 5.97 Å². The first-order chi connectivity index (χ1) is 9.24. The number of benzene rings is 1. The Hall–Kier alpha value is -1.51. The Morgan fingerprint density at radius 1 is 1.05 bits per heavy atom. The van der Waals surface area contributed by atoms with Crippen molar-refractivity contribution in [1.29, 1.82) is 0 Å². The highest BCUT2D eigenvalue weighted by molar-refractivity contribution is 5.84. The second kappa shape index (κ2) is 4.87. The van der Waals surface area contributed by atoms with E-state index in [1.807, 2.05) is 18.2 Å². The van der Waals surface area contributed by atoms with Crippen molar-refractivity contribution < 1.29 is 9.90 Å². The van der Waals surface area contributed by atoms with Crippen LogP contribution in [0.4, 0.5) is 5.69 Å². The molecule has 1 aromatic rings. The number of carboxylic acid groups (broad SMARTS) is 1. The SMILES string of the molecule is O=C(O)C1(c2ccccc2N2CCCC2)CCCC1. The predicted octanol–water partition coefficient (Wildman–Crippen LogP) is 3.18. The highest BCUT2D eigenvalue weighted by Gasteiger charge is 2.44. The van der Waals surface area contributed by atoms with Crippen LogP contribution in [-0.4, -0.2) is 24.2 Å². The zero-order chi connectivity index (χ0) is 13.3. The zero-order valence-corrected chi connectivity index (χ0v) is 11.3. The van der Waals surface area contributed by atoms with E-state index in [-0.39, 0.29) is 0 Å². The average Bonchev–Trinajstić information content (AvgIpc) is 3.11. The van der Waals surface area contributed by atoms with Crippen LogP contribution in [0.2, 0.25) is 0 Å². The first-order valence-electron chi connectivity index (χ1n) is 7.32. The molecule has 2 fully saturated rings. The topological polar surface area (TPSA) is 40.5 Å². The number of anilines is 1. The van der Waals surface area contributed by atoms with Crippen LogP contribution in [0.25, 0.3) is 0 Å². The lowest BCUT2D eigenvalue weighted by Gasteiger charge is -2.30. The van der Waals surface area contributed by atoms with Gasteiger partial charge < -0.3 is 10.0 Å². The van der Waals surface area contributed by atoms with E-state index in [2.05, 4.69) is 11.0 Å². The molecule has 1 aliphatic carbocycles. The van der Waals surface area contributed by atoms with E-state index in [4.69, 9.17) is 0 Å². The van der Waals surface area contributed by atoms with Crippen LogP contribution >= 0.6 is 0 Å². The summed E-state index contributed by atoms with van der Waals surface area (Å²) >= 11 is 0. The zero-order valence-electron chi connectivity index (χ0n) is 11.3. The highest BCUT2D eigenvalue weighted by atomic mass is 16.4. The molecule has 3 heteroatoms. The maximum absolute atomic E-state index is 11.9. The molecule has 0 unspecified atom stereocenters. The summed E-state index contributed by atoms with van der Waals surface area (Å²) in [5, 5.41) is 9.77. The number of para-hydroxylation sites is 1. The fraction of sp³-hybridized carbons (Fsp3) is 0.562. The van der Waals surface area contributed by atoms with E-state index in [0.29, 0.717) is 0 Å². The monoisotopic (exact) mass is 259 g/mol. The molecule has 19 heavy (non-hydrogen) atoms. The van der Waals surface area contributed by atoms with Gasteiger partial charge in [-0.25, -0.2) is 0 Å². The number of carboxylic acids is 1. The summed E-state index contributed by atoms with van der Waals surface area (Å²) in [6.07, 6.45) is 6.06. The lowest BCUT2D eigenvalue weighted by molar-refractivity contribution is -0.143. The van der Waals surface area contributed by atoms with Gasteiger partial charge in [0, 0.05) is 18.8 Å². The molecule has 102 valence electrons. The van der Waals surface area contributed by atoms with E-state index < -0.39 is 11.4 Å². The molecule has 1 saturated heterocycles. The van der Waals surface area contributed by atoms with Gasteiger partial charge in [0.1, 0.15) is 0 Å². The van der Waals surface area contributed by atoms with Crippen LogP contribution in [0.3, 0.4) is 0 Å². The van der Waals surface area contributed by atoms with Crippen molar-refractivity contribution in [2.75, 3.05) is 18.0 Å². The van der Waals surface area contributed by atoms with Crippen molar-refractivity contribution in [2.24, 2.45) is 0 Å². The number of carbonyl (C=O) groups is 1. The Balaban J connectivity index is 2.05. The Bertz CT molecular complexity index is 471. The van der Waals surface area contributed by atoms with Gasteiger partial charge in [-0.15, -0.1) is 0 Å². The Morgan fingerprint density at radius 3 is 2.32 bits per heavy atom. The van der Waals surface area contributed by atoms with Gasteiger partial charge in [-0.1, -0.05) is 31.0 Å². The fourth-order valence-corrected chi connectivity index (χ4v) is 3.69. The molecule has 1 aromatic carbocycles. The lowest BCUT2D eigenvalue weighted by Crippen LogP contribution is -2.35. The Kier molecular flexibility index (Phi) is 3.21. The smallest absolute Gasteiger partial charge is 0.314 e. The number of aliphatic carboxylic acids is 1. The minimum absolute atomic E-state index is 0.640. The number of hydrogen-bond donors (Lipinski definition) is 1. The van der Waals surface area contributed by atoms with E-state index in [1.165, 1.54) is 12.8 Å². The summed E-state index contributed by atoms with van der Waals surface area (Å²) < 4.78 is 0. The summed E-state index contributed by atoms with van der Waals surface area (Å²) in [5.74, 6) is -0.642. The van der Waals surface area contributed by atoms with Gasteiger partial charge in [0.2, 0.25) is 0 Å². The van der Waals surface area contributed by atoms with Crippen LogP contribution in [0.15, 0.2) is 24.3 Å². The number of hydrogen-bond acceptors (Lipinski definition) is 2. The van der Waals surface area contributed by atoms with Gasteiger partial charge in [-0.05, 0) is 37.3 Å². The van der Waals surface area contributed by atoms with Gasteiger partial charge in [-0.3, -0.25) is 4.79 Å². The highest BCUT2D eigenvalue weighted by Crippen LogP contribution is 2.45. The van der Waals surface area contributed by atoms with Crippen LogP contribution in [0, 0.1) is 0 Å². The largest absolute Gasteiger partial charge is 0.481 e. The molecule has 3 nitrogen and oxygen atoms in total. The molecule has 2 aliphatic rings. The maximum atomic E-state index is 11.9. The summed E-state index contributed by atoms with van der Waals surface area (Å²) in [4.78, 5) is 14.2. The molecule has 1 saturated carbocycles. The Labute approximate surface area is 114 Å². The van der Waals surface area contributed by atoms with Crippen LogP contribution < -0.4 is 4.90 Å². The van der Waals surface area contributed by atoms with E-state index in [9.17, 15) is 9.90 Å². The fourth-order valence-electron chi connectivity index (χ4n) is 3.69. The van der Waals surface area contributed by atoms with Crippen molar-refractivity contribution >= 4 is 11.7 Å². The van der Waals surface area contributed by atoms with Crippen LogP contribution in [0.1, 0.15) is 44.1 Å². The van der Waals surface area contributed by atoms with Crippen molar-refractivity contribution in [2.45, 2.75) is 43.9 Å². The molecular weight excluding hydrogens is 238 g/mol.